The number of nitro benzene ring substituents is 1. The van der Waals surface area contributed by atoms with Crippen LogP contribution in [-0.2, 0) is 6.42 Å². The fourth-order valence-corrected chi connectivity index (χ4v) is 2.99. The van der Waals surface area contributed by atoms with Crippen molar-refractivity contribution in [2.45, 2.75) is 26.3 Å². The summed E-state index contributed by atoms with van der Waals surface area (Å²) in [6.45, 7) is 3.59. The molecule has 1 aliphatic rings. The number of aromatic amines is 1. The molecule has 0 radical (unpaired) electrons. The van der Waals surface area contributed by atoms with Gasteiger partial charge in [0.1, 0.15) is 0 Å². The monoisotopic (exact) mass is 313 g/mol. The van der Waals surface area contributed by atoms with E-state index in [0.717, 1.165) is 5.56 Å². The lowest BCUT2D eigenvalue weighted by molar-refractivity contribution is -0.384. The van der Waals surface area contributed by atoms with E-state index in [-0.39, 0.29) is 23.2 Å². The Morgan fingerprint density at radius 3 is 2.74 bits per heavy atom. The molecule has 2 heterocycles. The molecule has 118 valence electrons. The van der Waals surface area contributed by atoms with E-state index in [4.69, 9.17) is 0 Å². The van der Waals surface area contributed by atoms with Crippen molar-refractivity contribution in [3.63, 3.8) is 0 Å². The van der Waals surface area contributed by atoms with Gasteiger partial charge in [0.05, 0.1) is 4.92 Å². The number of nitrogens with zero attached hydrogens (tertiary/aromatic N) is 2. The zero-order valence-electron chi connectivity index (χ0n) is 12.7. The quantitative estimate of drug-likeness (QED) is 0.679. The Morgan fingerprint density at radius 1 is 1.35 bits per heavy atom. The Labute approximate surface area is 131 Å². The van der Waals surface area contributed by atoms with Crippen LogP contribution in [-0.4, -0.2) is 21.9 Å². The lowest BCUT2D eigenvalue weighted by Crippen LogP contribution is -2.36. The highest BCUT2D eigenvalue weighted by molar-refractivity contribution is 6.07. The van der Waals surface area contributed by atoms with E-state index in [1.54, 1.807) is 24.0 Å². The summed E-state index contributed by atoms with van der Waals surface area (Å²) in [5.74, 6) is -0.278. The first-order chi connectivity index (χ1) is 10.9. The zero-order chi connectivity index (χ0) is 16.7. The first kappa shape index (κ1) is 15.0. The predicted octanol–water partition coefficient (Wildman–Crippen LogP) is 2.18. The normalized spacial score (nSPS) is 16.3. The summed E-state index contributed by atoms with van der Waals surface area (Å²) in [5, 5.41) is 10.9. The third-order valence-corrected chi connectivity index (χ3v) is 3.93. The minimum atomic E-state index is -0.449. The number of carbonyl (C=O) groups is 1. The number of aryl methyl sites for hydroxylation is 1. The molecule has 0 saturated carbocycles. The Balaban J connectivity index is 2.03. The topological polar surface area (TPSA) is 96.3 Å². The van der Waals surface area contributed by atoms with Gasteiger partial charge in [-0.25, -0.2) is 0 Å². The summed E-state index contributed by atoms with van der Waals surface area (Å²) in [5.41, 5.74) is 2.02. The van der Waals surface area contributed by atoms with Gasteiger partial charge in [-0.1, -0.05) is 0 Å². The van der Waals surface area contributed by atoms with Crippen LogP contribution in [0.4, 0.5) is 11.4 Å². The van der Waals surface area contributed by atoms with Crippen LogP contribution >= 0.6 is 0 Å². The molecular formula is C16H15N3O4. The SMILES string of the molecule is Cc1cc(C(=O)N2c3ccc([N+](=O)[O-])cc3C[C@H]2C)cc(=O)[nH]1. The van der Waals surface area contributed by atoms with Gasteiger partial charge in [0.2, 0.25) is 5.56 Å². The van der Waals surface area contributed by atoms with Gasteiger partial charge in [-0.3, -0.25) is 19.7 Å². The Bertz CT molecular complexity index is 872. The van der Waals surface area contributed by atoms with E-state index < -0.39 is 4.92 Å². The molecule has 0 unspecified atom stereocenters. The number of carbonyl (C=O) groups excluding carboxylic acids is 1. The number of non-ortho nitro benzene ring substituents is 1. The predicted molar refractivity (Wildman–Crippen MR) is 84.9 cm³/mol. The maximum Gasteiger partial charge on any atom is 0.269 e. The van der Waals surface area contributed by atoms with Crippen LogP contribution in [0.2, 0.25) is 0 Å². The van der Waals surface area contributed by atoms with Gasteiger partial charge in [-0.15, -0.1) is 0 Å². The number of hydrogen-bond donors (Lipinski definition) is 1. The third-order valence-electron chi connectivity index (χ3n) is 3.93. The standard InChI is InChI=1S/C16H15N3O4/c1-9-5-12(8-15(20)17-9)16(21)18-10(2)6-11-7-13(19(22)23)3-4-14(11)18/h3-5,7-8,10H,6H2,1-2H3,(H,17,20)/t10-/m1/s1. The van der Waals surface area contributed by atoms with Gasteiger partial charge in [-0.2, -0.15) is 0 Å². The fraction of sp³-hybridized carbons (Fsp3) is 0.250. The van der Waals surface area contributed by atoms with Crippen LogP contribution in [0.1, 0.15) is 28.5 Å². The highest BCUT2D eigenvalue weighted by Crippen LogP contribution is 2.35. The van der Waals surface area contributed by atoms with Gasteiger partial charge in [0, 0.05) is 41.2 Å². The van der Waals surface area contributed by atoms with Gasteiger partial charge in [0.15, 0.2) is 0 Å². The minimum absolute atomic E-state index is 0.0113. The molecule has 7 nitrogen and oxygen atoms in total. The highest BCUT2D eigenvalue weighted by Gasteiger charge is 2.32. The summed E-state index contributed by atoms with van der Waals surface area (Å²) in [4.78, 5) is 39.0. The first-order valence-corrected chi connectivity index (χ1v) is 7.18. The second-order valence-electron chi connectivity index (χ2n) is 5.71. The first-order valence-electron chi connectivity index (χ1n) is 7.18. The number of anilines is 1. The molecule has 1 aliphatic heterocycles. The Hall–Kier alpha value is -2.96. The van der Waals surface area contributed by atoms with E-state index >= 15 is 0 Å². The van der Waals surface area contributed by atoms with E-state index in [2.05, 4.69) is 4.98 Å². The fourth-order valence-electron chi connectivity index (χ4n) is 2.99. The smallest absolute Gasteiger partial charge is 0.269 e. The number of amides is 1. The Kier molecular flexibility index (Phi) is 3.48. The van der Waals surface area contributed by atoms with Gasteiger partial charge in [0.25, 0.3) is 11.6 Å². The molecule has 0 spiro atoms. The maximum atomic E-state index is 12.8. The summed E-state index contributed by atoms with van der Waals surface area (Å²) >= 11 is 0. The summed E-state index contributed by atoms with van der Waals surface area (Å²) < 4.78 is 0. The lowest BCUT2D eigenvalue weighted by atomic mass is 10.1. The number of aromatic nitrogens is 1. The summed E-state index contributed by atoms with van der Waals surface area (Å²) in [6.07, 6.45) is 0.547. The van der Waals surface area contributed by atoms with Crippen molar-refractivity contribution < 1.29 is 9.72 Å². The van der Waals surface area contributed by atoms with Gasteiger partial charge >= 0.3 is 0 Å². The maximum absolute atomic E-state index is 12.8. The van der Waals surface area contributed by atoms with Crippen LogP contribution in [0, 0.1) is 17.0 Å². The number of H-pyrrole nitrogens is 1. The summed E-state index contributed by atoms with van der Waals surface area (Å²) in [6, 6.07) is 7.25. The number of fused-ring (bicyclic) bond motifs is 1. The largest absolute Gasteiger partial charge is 0.326 e. The average molecular weight is 313 g/mol. The molecule has 2 aromatic rings. The molecule has 1 aromatic carbocycles. The van der Waals surface area contributed by atoms with Crippen LogP contribution in [0.15, 0.2) is 35.1 Å². The Morgan fingerprint density at radius 2 is 2.09 bits per heavy atom. The van der Waals surface area contributed by atoms with E-state index in [9.17, 15) is 19.7 Å². The van der Waals surface area contributed by atoms with Crippen molar-refractivity contribution in [3.8, 4) is 0 Å². The molecule has 1 atom stereocenters. The molecule has 1 N–H and O–H groups in total. The molecule has 0 aliphatic carbocycles. The molecule has 0 fully saturated rings. The van der Waals surface area contributed by atoms with Crippen molar-refractivity contribution in [1.29, 1.82) is 0 Å². The molecule has 1 amide bonds. The summed E-state index contributed by atoms with van der Waals surface area (Å²) in [7, 11) is 0. The van der Waals surface area contributed by atoms with Crippen LogP contribution in [0.25, 0.3) is 0 Å². The number of nitrogens with one attached hydrogen (secondary N) is 1. The second kappa shape index (κ2) is 5.35. The van der Waals surface area contributed by atoms with Crippen molar-refractivity contribution >= 4 is 17.3 Å². The van der Waals surface area contributed by atoms with Crippen LogP contribution in [0.3, 0.4) is 0 Å². The van der Waals surface area contributed by atoms with E-state index in [1.165, 1.54) is 18.2 Å². The number of benzene rings is 1. The zero-order valence-corrected chi connectivity index (χ0v) is 12.7. The highest BCUT2D eigenvalue weighted by atomic mass is 16.6. The van der Waals surface area contributed by atoms with Crippen molar-refractivity contribution in [2.75, 3.05) is 4.90 Å². The number of pyridine rings is 1. The molecule has 1 aromatic heterocycles. The van der Waals surface area contributed by atoms with Crippen molar-refractivity contribution in [3.05, 3.63) is 67.6 Å². The van der Waals surface area contributed by atoms with Gasteiger partial charge in [-0.05, 0) is 38.0 Å². The third kappa shape index (κ3) is 2.61. The molecule has 7 heteroatoms. The van der Waals surface area contributed by atoms with Crippen LogP contribution < -0.4 is 10.5 Å². The van der Waals surface area contributed by atoms with E-state index in [0.29, 0.717) is 23.4 Å². The number of hydrogen-bond acceptors (Lipinski definition) is 4. The van der Waals surface area contributed by atoms with Gasteiger partial charge < -0.3 is 9.88 Å². The molecular weight excluding hydrogens is 298 g/mol. The van der Waals surface area contributed by atoms with E-state index in [1.807, 2.05) is 6.92 Å². The number of rotatable bonds is 2. The number of nitro groups is 1. The van der Waals surface area contributed by atoms with Crippen LogP contribution in [0.5, 0.6) is 0 Å². The minimum Gasteiger partial charge on any atom is -0.326 e. The molecule has 0 saturated heterocycles. The molecule has 0 bridgehead atoms. The second-order valence-corrected chi connectivity index (χ2v) is 5.71. The average Bonchev–Trinajstić information content (AvgIpc) is 2.80. The molecule has 3 rings (SSSR count). The van der Waals surface area contributed by atoms with Crippen molar-refractivity contribution in [1.82, 2.24) is 4.98 Å². The van der Waals surface area contributed by atoms with Crippen molar-refractivity contribution in [2.24, 2.45) is 0 Å². The molecule has 23 heavy (non-hydrogen) atoms. The lowest BCUT2D eigenvalue weighted by Gasteiger charge is -2.22.